The predicted octanol–water partition coefficient (Wildman–Crippen LogP) is 1.34. The molecule has 0 saturated carbocycles. The van der Waals surface area contributed by atoms with Gasteiger partial charge in [-0.1, -0.05) is 13.8 Å². The Bertz CT molecular complexity index is 246. The maximum Gasteiger partial charge on any atom is 0.341 e. The summed E-state index contributed by atoms with van der Waals surface area (Å²) < 4.78 is 21.4. The highest BCUT2D eigenvalue weighted by Crippen LogP contribution is 2.53. The minimum atomic E-state index is -3.35. The van der Waals surface area contributed by atoms with Crippen LogP contribution in [0.4, 0.5) is 0 Å². The number of hydrogen-bond donors (Lipinski definition) is 1. The summed E-state index contributed by atoms with van der Waals surface area (Å²) in [6.07, 6.45) is -0.553. The Morgan fingerprint density at radius 2 is 1.92 bits per heavy atom. The largest absolute Gasteiger partial charge is 0.481 e. The van der Waals surface area contributed by atoms with Crippen molar-refractivity contribution >= 4 is 13.6 Å². The van der Waals surface area contributed by atoms with Crippen LogP contribution in [0.2, 0.25) is 0 Å². The molecule has 5 nitrogen and oxygen atoms in total. The highest BCUT2D eigenvalue weighted by atomic mass is 31.2. The van der Waals surface area contributed by atoms with Crippen molar-refractivity contribution in [2.24, 2.45) is 5.41 Å². The summed E-state index contributed by atoms with van der Waals surface area (Å²) in [5, 5.41) is 8.43. The van der Waals surface area contributed by atoms with E-state index >= 15 is 0 Å². The van der Waals surface area contributed by atoms with Crippen molar-refractivity contribution in [3.63, 3.8) is 0 Å². The summed E-state index contributed by atoms with van der Waals surface area (Å²) in [7, 11) is -3.35. The van der Waals surface area contributed by atoms with Gasteiger partial charge in [-0.05, 0) is 0 Å². The number of carboxylic acid groups (broad SMARTS) is 1. The zero-order valence-corrected chi connectivity index (χ0v) is 8.54. The SMILES string of the molecule is CC1(C)COP(=O)(CC(=O)O)OC1. The van der Waals surface area contributed by atoms with Crippen LogP contribution in [0.3, 0.4) is 0 Å². The van der Waals surface area contributed by atoms with E-state index in [2.05, 4.69) is 0 Å². The molecule has 0 aromatic rings. The molecular formula is C7H13O5P. The fourth-order valence-electron chi connectivity index (χ4n) is 0.882. The summed E-state index contributed by atoms with van der Waals surface area (Å²) in [5.41, 5.74) is -0.188. The van der Waals surface area contributed by atoms with Gasteiger partial charge in [-0.15, -0.1) is 0 Å². The van der Waals surface area contributed by atoms with E-state index in [1.54, 1.807) is 0 Å². The minimum Gasteiger partial charge on any atom is -0.481 e. The normalized spacial score (nSPS) is 25.4. The fourth-order valence-corrected chi connectivity index (χ4v) is 2.56. The van der Waals surface area contributed by atoms with Gasteiger partial charge in [0, 0.05) is 5.41 Å². The van der Waals surface area contributed by atoms with Crippen LogP contribution in [0.15, 0.2) is 0 Å². The second kappa shape index (κ2) is 3.40. The lowest BCUT2D eigenvalue weighted by atomic mass is 9.97. The number of carboxylic acids is 1. The molecule has 13 heavy (non-hydrogen) atoms. The predicted molar refractivity (Wildman–Crippen MR) is 45.8 cm³/mol. The van der Waals surface area contributed by atoms with Crippen LogP contribution in [0.1, 0.15) is 13.8 Å². The van der Waals surface area contributed by atoms with E-state index in [0.717, 1.165) is 0 Å². The first-order chi connectivity index (χ1) is 5.83. The van der Waals surface area contributed by atoms with Gasteiger partial charge in [0.2, 0.25) is 0 Å². The Morgan fingerprint density at radius 3 is 2.31 bits per heavy atom. The fraction of sp³-hybridized carbons (Fsp3) is 0.857. The summed E-state index contributed by atoms with van der Waals surface area (Å²) in [6, 6.07) is 0. The van der Waals surface area contributed by atoms with Gasteiger partial charge in [-0.25, -0.2) is 0 Å². The molecule has 0 aliphatic carbocycles. The molecule has 1 heterocycles. The summed E-state index contributed by atoms with van der Waals surface area (Å²) in [5.74, 6) is -1.16. The molecule has 0 atom stereocenters. The molecule has 6 heteroatoms. The first kappa shape index (κ1) is 10.7. The van der Waals surface area contributed by atoms with Gasteiger partial charge in [-0.2, -0.15) is 0 Å². The lowest BCUT2D eigenvalue weighted by molar-refractivity contribution is -0.134. The molecule has 1 rings (SSSR count). The minimum absolute atomic E-state index is 0.188. The van der Waals surface area contributed by atoms with E-state index in [9.17, 15) is 9.36 Å². The second-order valence-electron chi connectivity index (χ2n) is 3.87. The van der Waals surface area contributed by atoms with Crippen LogP contribution in [0.25, 0.3) is 0 Å². The third-order valence-corrected chi connectivity index (χ3v) is 3.34. The molecule has 0 bridgehead atoms. The highest BCUT2D eigenvalue weighted by molar-refractivity contribution is 7.54. The van der Waals surface area contributed by atoms with Crippen molar-refractivity contribution in [1.29, 1.82) is 0 Å². The van der Waals surface area contributed by atoms with Gasteiger partial charge in [0.1, 0.15) is 6.16 Å². The van der Waals surface area contributed by atoms with Gasteiger partial charge in [0.05, 0.1) is 13.2 Å². The molecule has 1 aliphatic heterocycles. The summed E-state index contributed by atoms with van der Waals surface area (Å²) >= 11 is 0. The Labute approximate surface area is 76.6 Å². The van der Waals surface area contributed by atoms with Crippen molar-refractivity contribution < 1.29 is 23.5 Å². The quantitative estimate of drug-likeness (QED) is 0.693. The molecule has 0 radical (unpaired) electrons. The zero-order valence-electron chi connectivity index (χ0n) is 7.65. The van der Waals surface area contributed by atoms with Crippen LogP contribution < -0.4 is 0 Å². The van der Waals surface area contributed by atoms with Crippen LogP contribution in [-0.2, 0) is 18.4 Å². The molecule has 0 unspecified atom stereocenters. The van der Waals surface area contributed by atoms with Crippen LogP contribution >= 0.6 is 7.60 Å². The van der Waals surface area contributed by atoms with Crippen LogP contribution in [-0.4, -0.2) is 30.5 Å². The van der Waals surface area contributed by atoms with Gasteiger partial charge in [0.25, 0.3) is 0 Å². The first-order valence-corrected chi connectivity index (χ1v) is 5.66. The van der Waals surface area contributed by atoms with Crippen molar-refractivity contribution in [2.75, 3.05) is 19.4 Å². The topological polar surface area (TPSA) is 72.8 Å². The Hall–Kier alpha value is -0.380. The average molecular weight is 208 g/mol. The van der Waals surface area contributed by atoms with E-state index in [0.29, 0.717) is 0 Å². The lowest BCUT2D eigenvalue weighted by Gasteiger charge is -2.33. The van der Waals surface area contributed by atoms with Gasteiger partial charge >= 0.3 is 13.6 Å². The van der Waals surface area contributed by atoms with Gasteiger partial charge in [0.15, 0.2) is 0 Å². The van der Waals surface area contributed by atoms with Gasteiger partial charge < -0.3 is 14.2 Å². The monoisotopic (exact) mass is 208 g/mol. The van der Waals surface area contributed by atoms with E-state index < -0.39 is 19.7 Å². The third kappa shape index (κ3) is 3.10. The smallest absolute Gasteiger partial charge is 0.341 e. The van der Waals surface area contributed by atoms with Crippen molar-refractivity contribution in [2.45, 2.75) is 13.8 Å². The Morgan fingerprint density at radius 1 is 1.46 bits per heavy atom. The Balaban J connectivity index is 2.57. The molecule has 1 N–H and O–H groups in total. The average Bonchev–Trinajstić information content (AvgIpc) is 1.95. The lowest BCUT2D eigenvalue weighted by Crippen LogP contribution is -2.30. The molecular weight excluding hydrogens is 195 g/mol. The molecule has 0 aromatic carbocycles. The van der Waals surface area contributed by atoms with E-state index in [1.165, 1.54) is 0 Å². The molecule has 1 saturated heterocycles. The highest BCUT2D eigenvalue weighted by Gasteiger charge is 2.38. The molecule has 0 amide bonds. The van der Waals surface area contributed by atoms with Gasteiger partial charge in [-0.3, -0.25) is 9.36 Å². The number of carbonyl (C=O) groups is 1. The maximum atomic E-state index is 11.5. The molecule has 0 aromatic heterocycles. The first-order valence-electron chi connectivity index (χ1n) is 3.93. The van der Waals surface area contributed by atoms with Crippen molar-refractivity contribution in [3.05, 3.63) is 0 Å². The zero-order chi connectivity index (χ0) is 10.1. The number of hydrogen-bond acceptors (Lipinski definition) is 4. The molecule has 1 fully saturated rings. The Kier molecular flexibility index (Phi) is 2.80. The standard InChI is InChI=1S/C7H13O5P/c1-7(2)4-11-13(10,12-5-7)3-6(8)9/h3-5H2,1-2H3,(H,8,9). The van der Waals surface area contributed by atoms with Crippen LogP contribution in [0, 0.1) is 5.41 Å². The van der Waals surface area contributed by atoms with E-state index in [-0.39, 0.29) is 18.6 Å². The molecule has 76 valence electrons. The summed E-state index contributed by atoms with van der Waals surface area (Å²) in [4.78, 5) is 10.3. The van der Waals surface area contributed by atoms with Crippen molar-refractivity contribution in [3.8, 4) is 0 Å². The molecule has 1 aliphatic rings. The maximum absolute atomic E-state index is 11.5. The third-order valence-electron chi connectivity index (χ3n) is 1.63. The second-order valence-corrected chi connectivity index (χ2v) is 5.93. The van der Waals surface area contributed by atoms with Crippen LogP contribution in [0.5, 0.6) is 0 Å². The summed E-state index contributed by atoms with van der Waals surface area (Å²) in [6.45, 7) is 4.35. The molecule has 0 spiro atoms. The number of aliphatic carboxylic acids is 1. The van der Waals surface area contributed by atoms with E-state index in [1.807, 2.05) is 13.8 Å². The van der Waals surface area contributed by atoms with E-state index in [4.69, 9.17) is 14.2 Å². The number of rotatable bonds is 2. The van der Waals surface area contributed by atoms with Crippen molar-refractivity contribution in [1.82, 2.24) is 0 Å².